The summed E-state index contributed by atoms with van der Waals surface area (Å²) >= 11 is 13.4. The molecule has 0 aliphatic heterocycles. The average molecular weight is 302 g/mol. The molecule has 8 heteroatoms. The number of aromatic nitrogens is 3. The first-order chi connectivity index (χ1) is 8.54. The highest BCUT2D eigenvalue weighted by molar-refractivity contribution is 7.98. The number of nitrogens with zero attached hydrogens (tertiary/aromatic N) is 3. The summed E-state index contributed by atoms with van der Waals surface area (Å²) in [5.41, 5.74) is 11.0. The molecule has 0 fully saturated rings. The van der Waals surface area contributed by atoms with Gasteiger partial charge in [0.1, 0.15) is 5.82 Å². The molecular formula is C10H9Cl2N5S. The lowest BCUT2D eigenvalue weighted by Crippen LogP contribution is -2.05. The number of hydrogen-bond donors (Lipinski definition) is 2. The zero-order valence-corrected chi connectivity index (χ0v) is 11.4. The van der Waals surface area contributed by atoms with Crippen molar-refractivity contribution < 1.29 is 0 Å². The molecule has 1 heterocycles. The van der Waals surface area contributed by atoms with Crippen LogP contribution < -0.4 is 11.5 Å². The molecule has 0 bridgehead atoms. The molecule has 0 spiro atoms. The molecule has 5 nitrogen and oxygen atoms in total. The van der Waals surface area contributed by atoms with Gasteiger partial charge in [-0.15, -0.1) is 11.8 Å². The summed E-state index contributed by atoms with van der Waals surface area (Å²) in [7, 11) is 0. The summed E-state index contributed by atoms with van der Waals surface area (Å²) in [4.78, 5) is 12.5. The van der Waals surface area contributed by atoms with Crippen molar-refractivity contribution in [3.8, 4) is 0 Å². The minimum Gasteiger partial charge on any atom is -0.368 e. The fourth-order valence-corrected chi connectivity index (χ4v) is 2.60. The van der Waals surface area contributed by atoms with E-state index in [1.165, 1.54) is 11.8 Å². The minimum atomic E-state index is 0.107. The first-order valence-electron chi connectivity index (χ1n) is 4.88. The van der Waals surface area contributed by atoms with Crippen LogP contribution in [0.2, 0.25) is 10.0 Å². The summed E-state index contributed by atoms with van der Waals surface area (Å²) in [6.45, 7) is 0. The summed E-state index contributed by atoms with van der Waals surface area (Å²) in [6, 6.07) is 5.25. The Labute approximate surface area is 118 Å². The Balaban J connectivity index is 2.13. The number of nitrogen functional groups attached to an aromatic ring is 2. The Kier molecular flexibility index (Phi) is 4.11. The van der Waals surface area contributed by atoms with Crippen LogP contribution in [0.5, 0.6) is 0 Å². The molecule has 0 saturated heterocycles. The number of halogens is 2. The van der Waals surface area contributed by atoms with Gasteiger partial charge in [0.25, 0.3) is 0 Å². The minimum absolute atomic E-state index is 0.107. The van der Waals surface area contributed by atoms with Gasteiger partial charge in [0.05, 0.1) is 10.8 Å². The molecular weight excluding hydrogens is 293 g/mol. The molecule has 0 unspecified atom stereocenters. The van der Waals surface area contributed by atoms with Gasteiger partial charge in [0, 0.05) is 9.92 Å². The number of hydrogen-bond acceptors (Lipinski definition) is 6. The van der Waals surface area contributed by atoms with Crippen molar-refractivity contribution in [3.05, 3.63) is 34.1 Å². The molecule has 1 aromatic carbocycles. The molecule has 0 amide bonds. The van der Waals surface area contributed by atoms with Crippen molar-refractivity contribution in [1.82, 2.24) is 15.0 Å². The van der Waals surface area contributed by atoms with Crippen molar-refractivity contribution in [2.75, 3.05) is 11.5 Å². The van der Waals surface area contributed by atoms with Crippen molar-refractivity contribution in [2.45, 2.75) is 10.6 Å². The first kappa shape index (κ1) is 13.2. The molecule has 2 rings (SSSR count). The first-order valence-corrected chi connectivity index (χ1v) is 6.62. The van der Waals surface area contributed by atoms with Crippen LogP contribution in [0, 0.1) is 0 Å². The quantitative estimate of drug-likeness (QED) is 0.847. The average Bonchev–Trinajstić information content (AvgIpc) is 2.29. The van der Waals surface area contributed by atoms with E-state index in [0.29, 0.717) is 21.6 Å². The summed E-state index contributed by atoms with van der Waals surface area (Å²) in [5.74, 6) is 1.20. The zero-order valence-electron chi connectivity index (χ0n) is 9.10. The predicted octanol–water partition coefficient (Wildman–Crippen LogP) is 2.64. The molecule has 94 valence electrons. The van der Waals surface area contributed by atoms with Crippen molar-refractivity contribution >= 4 is 46.9 Å². The standard InChI is InChI=1S/C10H9Cl2N5S/c11-5-1-2-6(12)7(3-5)18-4-8-15-9(13)17-10(14)16-8/h1-3H,4H2,(H4,13,14,15,16,17). The number of nitrogens with two attached hydrogens (primary N) is 2. The number of thioether (sulfide) groups is 1. The van der Waals surface area contributed by atoms with Crippen molar-refractivity contribution in [3.63, 3.8) is 0 Å². The van der Waals surface area contributed by atoms with Crippen LogP contribution in [-0.4, -0.2) is 15.0 Å². The topological polar surface area (TPSA) is 90.7 Å². The lowest BCUT2D eigenvalue weighted by Gasteiger charge is -2.04. The molecule has 0 aliphatic carbocycles. The Bertz CT molecular complexity index is 558. The van der Waals surface area contributed by atoms with Gasteiger partial charge in [-0.1, -0.05) is 23.2 Å². The normalized spacial score (nSPS) is 10.6. The van der Waals surface area contributed by atoms with Gasteiger partial charge in [0.15, 0.2) is 0 Å². The molecule has 18 heavy (non-hydrogen) atoms. The maximum Gasteiger partial charge on any atom is 0.225 e. The van der Waals surface area contributed by atoms with E-state index in [9.17, 15) is 0 Å². The van der Waals surface area contributed by atoms with Gasteiger partial charge >= 0.3 is 0 Å². The van der Waals surface area contributed by atoms with Gasteiger partial charge in [0.2, 0.25) is 11.9 Å². The molecule has 0 radical (unpaired) electrons. The molecule has 0 saturated carbocycles. The Morgan fingerprint density at radius 2 is 1.72 bits per heavy atom. The molecule has 0 atom stereocenters. The highest BCUT2D eigenvalue weighted by Crippen LogP contribution is 2.31. The van der Waals surface area contributed by atoms with E-state index < -0.39 is 0 Å². The largest absolute Gasteiger partial charge is 0.368 e. The van der Waals surface area contributed by atoms with Crippen molar-refractivity contribution in [2.24, 2.45) is 0 Å². The second-order valence-corrected chi connectivity index (χ2v) is 5.19. The number of benzene rings is 1. The van der Waals surface area contributed by atoms with Crippen LogP contribution >= 0.6 is 35.0 Å². The SMILES string of the molecule is Nc1nc(N)nc(CSc2cc(Cl)ccc2Cl)n1. The Morgan fingerprint density at radius 3 is 2.39 bits per heavy atom. The summed E-state index contributed by atoms with van der Waals surface area (Å²) < 4.78 is 0. The maximum atomic E-state index is 6.04. The molecule has 1 aromatic heterocycles. The van der Waals surface area contributed by atoms with Crippen LogP contribution in [0.25, 0.3) is 0 Å². The highest BCUT2D eigenvalue weighted by Gasteiger charge is 2.06. The second kappa shape index (κ2) is 5.60. The summed E-state index contributed by atoms with van der Waals surface area (Å²) in [6.07, 6.45) is 0. The fraction of sp³-hybridized carbons (Fsp3) is 0.100. The maximum absolute atomic E-state index is 6.04. The van der Waals surface area contributed by atoms with Crippen LogP contribution in [0.4, 0.5) is 11.9 Å². The lowest BCUT2D eigenvalue weighted by molar-refractivity contribution is 0.988. The van der Waals surface area contributed by atoms with Crippen LogP contribution in [-0.2, 0) is 5.75 Å². The smallest absolute Gasteiger partial charge is 0.225 e. The third-order valence-corrected chi connectivity index (χ3v) is 3.69. The number of rotatable bonds is 3. The number of anilines is 2. The van der Waals surface area contributed by atoms with E-state index in [1.54, 1.807) is 18.2 Å². The van der Waals surface area contributed by atoms with E-state index in [-0.39, 0.29) is 11.9 Å². The zero-order chi connectivity index (χ0) is 13.1. The second-order valence-electron chi connectivity index (χ2n) is 3.33. The van der Waals surface area contributed by atoms with E-state index >= 15 is 0 Å². The van der Waals surface area contributed by atoms with Gasteiger partial charge in [-0.3, -0.25) is 0 Å². The van der Waals surface area contributed by atoms with E-state index in [4.69, 9.17) is 34.7 Å². The lowest BCUT2D eigenvalue weighted by atomic mass is 10.4. The van der Waals surface area contributed by atoms with Crippen LogP contribution in [0.3, 0.4) is 0 Å². The monoisotopic (exact) mass is 301 g/mol. The van der Waals surface area contributed by atoms with E-state index in [0.717, 1.165) is 4.90 Å². The third-order valence-electron chi connectivity index (χ3n) is 1.97. The van der Waals surface area contributed by atoms with Gasteiger partial charge in [-0.2, -0.15) is 15.0 Å². The van der Waals surface area contributed by atoms with Crippen LogP contribution in [0.1, 0.15) is 5.82 Å². The predicted molar refractivity (Wildman–Crippen MR) is 74.7 cm³/mol. The molecule has 0 aliphatic rings. The third kappa shape index (κ3) is 3.38. The molecule has 4 N–H and O–H groups in total. The van der Waals surface area contributed by atoms with Crippen molar-refractivity contribution in [1.29, 1.82) is 0 Å². The fourth-order valence-electron chi connectivity index (χ4n) is 1.25. The van der Waals surface area contributed by atoms with E-state index in [2.05, 4.69) is 15.0 Å². The van der Waals surface area contributed by atoms with Gasteiger partial charge in [-0.05, 0) is 18.2 Å². The molecule has 2 aromatic rings. The van der Waals surface area contributed by atoms with E-state index in [1.807, 2.05) is 0 Å². The van der Waals surface area contributed by atoms with Gasteiger partial charge < -0.3 is 11.5 Å². The Morgan fingerprint density at radius 1 is 1.06 bits per heavy atom. The Hall–Kier alpha value is -1.24. The highest BCUT2D eigenvalue weighted by atomic mass is 35.5. The summed E-state index contributed by atoms with van der Waals surface area (Å²) in [5, 5.41) is 1.25. The van der Waals surface area contributed by atoms with Gasteiger partial charge in [-0.25, -0.2) is 0 Å². The van der Waals surface area contributed by atoms with Crippen LogP contribution in [0.15, 0.2) is 23.1 Å².